The van der Waals surface area contributed by atoms with Gasteiger partial charge in [0.1, 0.15) is 5.69 Å². The number of likely N-dealkylation sites (tertiary alicyclic amines) is 1. The number of rotatable bonds is 4. The molecule has 0 saturated carbocycles. The minimum Gasteiger partial charge on any atom is -0.481 e. The summed E-state index contributed by atoms with van der Waals surface area (Å²) in [5.41, 5.74) is -0.450. The van der Waals surface area contributed by atoms with Crippen LogP contribution in [-0.2, 0) is 4.79 Å². The van der Waals surface area contributed by atoms with E-state index in [0.29, 0.717) is 31.5 Å². The number of amides is 1. The molecule has 1 saturated heterocycles. The summed E-state index contributed by atoms with van der Waals surface area (Å²) in [6, 6.07) is 3.42. The lowest BCUT2D eigenvalue weighted by Gasteiger charge is -2.39. The Kier molecular flexibility index (Phi) is 4.98. The second-order valence-electron chi connectivity index (χ2n) is 5.53. The predicted octanol–water partition coefficient (Wildman–Crippen LogP) is 2.95. The van der Waals surface area contributed by atoms with Crippen molar-refractivity contribution in [3.8, 4) is 0 Å². The van der Waals surface area contributed by atoms with Gasteiger partial charge in [-0.25, -0.2) is 4.98 Å². The van der Waals surface area contributed by atoms with Gasteiger partial charge in [-0.15, -0.1) is 0 Å². The second kappa shape index (κ2) is 6.56. The first-order chi connectivity index (χ1) is 9.98. The maximum atomic E-state index is 12.5. The third-order valence-corrected chi connectivity index (χ3v) is 4.46. The molecule has 1 aromatic heterocycles. The number of nitrogens with zero attached hydrogens (tertiary/aromatic N) is 2. The van der Waals surface area contributed by atoms with Crippen molar-refractivity contribution < 1.29 is 14.7 Å². The van der Waals surface area contributed by atoms with Crippen LogP contribution < -0.4 is 0 Å². The molecule has 1 fully saturated rings. The van der Waals surface area contributed by atoms with Gasteiger partial charge in [-0.3, -0.25) is 9.59 Å². The third kappa shape index (κ3) is 3.43. The maximum absolute atomic E-state index is 12.5. The van der Waals surface area contributed by atoms with E-state index in [4.69, 9.17) is 0 Å². The zero-order chi connectivity index (χ0) is 15.5. The topological polar surface area (TPSA) is 70.5 Å². The van der Waals surface area contributed by atoms with Gasteiger partial charge in [0.05, 0.1) is 5.41 Å². The SMILES string of the molecule is CCCC1(C(=O)O)CCCN(C(=O)c2ccc(Br)cn2)C1. The molecule has 0 aromatic carbocycles. The van der Waals surface area contributed by atoms with Crippen molar-refractivity contribution in [3.63, 3.8) is 0 Å². The van der Waals surface area contributed by atoms with Crippen LogP contribution in [0.2, 0.25) is 0 Å². The molecular formula is C15H19BrN2O3. The summed E-state index contributed by atoms with van der Waals surface area (Å²) >= 11 is 3.28. The molecule has 0 spiro atoms. The lowest BCUT2D eigenvalue weighted by atomic mass is 9.76. The summed E-state index contributed by atoms with van der Waals surface area (Å²) in [6.45, 7) is 2.84. The number of piperidine rings is 1. The highest BCUT2D eigenvalue weighted by Gasteiger charge is 2.43. The van der Waals surface area contributed by atoms with Gasteiger partial charge in [0.25, 0.3) is 5.91 Å². The van der Waals surface area contributed by atoms with Crippen LogP contribution in [0.1, 0.15) is 43.1 Å². The number of carboxylic acids is 1. The molecule has 114 valence electrons. The smallest absolute Gasteiger partial charge is 0.311 e. The molecule has 1 aromatic rings. The number of aromatic nitrogens is 1. The molecule has 1 N–H and O–H groups in total. The largest absolute Gasteiger partial charge is 0.481 e. The summed E-state index contributed by atoms with van der Waals surface area (Å²) in [5, 5.41) is 9.57. The average molecular weight is 355 g/mol. The van der Waals surface area contributed by atoms with Crippen LogP contribution in [0.4, 0.5) is 0 Å². The van der Waals surface area contributed by atoms with E-state index in [0.717, 1.165) is 10.9 Å². The Bertz CT molecular complexity index is 528. The van der Waals surface area contributed by atoms with Gasteiger partial charge in [-0.05, 0) is 47.3 Å². The lowest BCUT2D eigenvalue weighted by Crippen LogP contribution is -2.50. The van der Waals surface area contributed by atoms with Gasteiger partial charge in [0, 0.05) is 23.8 Å². The molecular weight excluding hydrogens is 336 g/mol. The highest BCUT2D eigenvalue weighted by atomic mass is 79.9. The van der Waals surface area contributed by atoms with E-state index in [1.165, 1.54) is 0 Å². The number of carbonyl (C=O) groups excluding carboxylic acids is 1. The zero-order valence-corrected chi connectivity index (χ0v) is 13.6. The molecule has 1 unspecified atom stereocenters. The van der Waals surface area contributed by atoms with Crippen molar-refractivity contribution in [2.75, 3.05) is 13.1 Å². The number of aliphatic carboxylic acids is 1. The zero-order valence-electron chi connectivity index (χ0n) is 12.0. The molecule has 1 amide bonds. The fourth-order valence-corrected chi connectivity index (χ4v) is 3.17. The van der Waals surface area contributed by atoms with E-state index < -0.39 is 11.4 Å². The van der Waals surface area contributed by atoms with E-state index in [-0.39, 0.29) is 12.5 Å². The second-order valence-corrected chi connectivity index (χ2v) is 6.44. The summed E-state index contributed by atoms with van der Waals surface area (Å²) in [6.07, 6.45) is 4.32. The van der Waals surface area contributed by atoms with Crippen molar-refractivity contribution in [1.29, 1.82) is 0 Å². The standard InChI is InChI=1S/C15H19BrN2O3/c1-2-6-15(14(20)21)7-3-8-18(10-15)13(19)12-5-4-11(16)9-17-12/h4-5,9H,2-3,6-8,10H2,1H3,(H,20,21). The molecule has 2 rings (SSSR count). The molecule has 5 nitrogen and oxygen atoms in total. The Balaban J connectivity index is 2.18. The molecule has 1 atom stereocenters. The Hall–Kier alpha value is -1.43. The van der Waals surface area contributed by atoms with E-state index >= 15 is 0 Å². The van der Waals surface area contributed by atoms with Gasteiger partial charge in [0.15, 0.2) is 0 Å². The fraction of sp³-hybridized carbons (Fsp3) is 0.533. The van der Waals surface area contributed by atoms with Crippen molar-refractivity contribution in [2.45, 2.75) is 32.6 Å². The maximum Gasteiger partial charge on any atom is 0.311 e. The summed E-state index contributed by atoms with van der Waals surface area (Å²) in [5.74, 6) is -0.991. The van der Waals surface area contributed by atoms with Crippen LogP contribution in [0, 0.1) is 5.41 Å². The molecule has 0 radical (unpaired) electrons. The van der Waals surface area contributed by atoms with Gasteiger partial charge in [-0.1, -0.05) is 13.3 Å². The number of halogens is 1. The van der Waals surface area contributed by atoms with Crippen LogP contribution in [0.5, 0.6) is 0 Å². The van der Waals surface area contributed by atoms with Crippen molar-refractivity contribution in [2.24, 2.45) is 5.41 Å². The van der Waals surface area contributed by atoms with Gasteiger partial charge in [0.2, 0.25) is 0 Å². The summed E-state index contributed by atoms with van der Waals surface area (Å²) in [7, 11) is 0. The fourth-order valence-electron chi connectivity index (χ4n) is 2.93. The highest BCUT2D eigenvalue weighted by molar-refractivity contribution is 9.10. The first kappa shape index (κ1) is 15.9. The Labute approximate surface area is 132 Å². The van der Waals surface area contributed by atoms with Crippen molar-refractivity contribution in [1.82, 2.24) is 9.88 Å². The van der Waals surface area contributed by atoms with Crippen LogP contribution in [-0.4, -0.2) is 40.0 Å². The third-order valence-electron chi connectivity index (χ3n) is 3.99. The number of hydrogen-bond donors (Lipinski definition) is 1. The minimum absolute atomic E-state index is 0.191. The molecule has 0 aliphatic carbocycles. The normalized spacial score (nSPS) is 22.1. The van der Waals surface area contributed by atoms with Crippen LogP contribution in [0.3, 0.4) is 0 Å². The van der Waals surface area contributed by atoms with Gasteiger partial charge < -0.3 is 10.0 Å². The molecule has 1 aliphatic rings. The minimum atomic E-state index is -0.808. The first-order valence-corrected chi connectivity index (χ1v) is 7.92. The number of hydrogen-bond acceptors (Lipinski definition) is 3. The van der Waals surface area contributed by atoms with E-state index in [2.05, 4.69) is 20.9 Å². The van der Waals surface area contributed by atoms with Crippen LogP contribution >= 0.6 is 15.9 Å². The lowest BCUT2D eigenvalue weighted by molar-refractivity contribution is -0.152. The Morgan fingerprint density at radius 1 is 1.48 bits per heavy atom. The van der Waals surface area contributed by atoms with Gasteiger partial charge in [-0.2, -0.15) is 0 Å². The molecule has 21 heavy (non-hydrogen) atoms. The molecule has 2 heterocycles. The molecule has 0 bridgehead atoms. The van der Waals surface area contributed by atoms with Crippen LogP contribution in [0.25, 0.3) is 0 Å². The quantitative estimate of drug-likeness (QED) is 0.902. The van der Waals surface area contributed by atoms with Crippen molar-refractivity contribution >= 4 is 27.8 Å². The Morgan fingerprint density at radius 3 is 2.81 bits per heavy atom. The Morgan fingerprint density at radius 2 is 2.24 bits per heavy atom. The first-order valence-electron chi connectivity index (χ1n) is 7.13. The average Bonchev–Trinajstić information content (AvgIpc) is 2.48. The number of pyridine rings is 1. The highest BCUT2D eigenvalue weighted by Crippen LogP contribution is 2.35. The van der Waals surface area contributed by atoms with Crippen molar-refractivity contribution in [3.05, 3.63) is 28.5 Å². The number of carboxylic acid groups (broad SMARTS) is 1. The number of carbonyl (C=O) groups is 2. The molecule has 6 heteroatoms. The molecule has 1 aliphatic heterocycles. The van der Waals surface area contributed by atoms with E-state index in [1.54, 1.807) is 23.2 Å². The monoisotopic (exact) mass is 354 g/mol. The van der Waals surface area contributed by atoms with Gasteiger partial charge >= 0.3 is 5.97 Å². The van der Waals surface area contributed by atoms with Crippen LogP contribution in [0.15, 0.2) is 22.8 Å². The van der Waals surface area contributed by atoms with E-state index in [1.807, 2.05) is 6.92 Å². The van der Waals surface area contributed by atoms with E-state index in [9.17, 15) is 14.7 Å². The summed E-state index contributed by atoms with van der Waals surface area (Å²) in [4.78, 5) is 29.9. The predicted molar refractivity (Wildman–Crippen MR) is 82.1 cm³/mol. The summed E-state index contributed by atoms with van der Waals surface area (Å²) < 4.78 is 0.809.